The molecule has 13 heavy (non-hydrogen) atoms. The summed E-state index contributed by atoms with van der Waals surface area (Å²) >= 11 is 1.43. The molecule has 1 rings (SSSR count). The van der Waals surface area contributed by atoms with Gasteiger partial charge in [0.25, 0.3) is 5.91 Å². The van der Waals surface area contributed by atoms with Crippen molar-refractivity contribution in [3.05, 3.63) is 22.4 Å². The zero-order valence-corrected chi connectivity index (χ0v) is 7.93. The summed E-state index contributed by atoms with van der Waals surface area (Å²) in [5, 5.41) is 5.98. The maximum atomic E-state index is 11.3. The van der Waals surface area contributed by atoms with Crippen LogP contribution in [0.15, 0.2) is 16.8 Å². The normalized spacial score (nSPS) is 12.1. The highest BCUT2D eigenvalue weighted by molar-refractivity contribution is 7.08. The van der Waals surface area contributed by atoms with Crippen LogP contribution in [0.2, 0.25) is 0 Å². The molecule has 0 unspecified atom stereocenters. The second-order valence-corrected chi connectivity index (χ2v) is 3.39. The van der Waals surface area contributed by atoms with Crippen LogP contribution in [-0.4, -0.2) is 17.9 Å². The van der Waals surface area contributed by atoms with E-state index in [1.807, 2.05) is 0 Å². The molecule has 4 nitrogen and oxygen atoms in total. The molecule has 3 N–H and O–H groups in total. The standard InChI is InChI=1S/C8H10N2O2S/c1-5(7(9)11)10-8(12)6-2-3-13-4-6/h2-5H,1H3,(H2,9,11)(H,10,12)/t5-/m0/s1. The van der Waals surface area contributed by atoms with Crippen molar-refractivity contribution in [1.82, 2.24) is 5.32 Å². The summed E-state index contributed by atoms with van der Waals surface area (Å²) in [5.41, 5.74) is 5.54. The van der Waals surface area contributed by atoms with Crippen LogP contribution in [0.3, 0.4) is 0 Å². The number of nitrogens with one attached hydrogen (secondary N) is 1. The molecule has 0 aliphatic carbocycles. The van der Waals surface area contributed by atoms with Crippen LogP contribution >= 0.6 is 11.3 Å². The topological polar surface area (TPSA) is 72.2 Å². The quantitative estimate of drug-likeness (QED) is 0.735. The fourth-order valence-electron chi connectivity index (χ4n) is 0.745. The molecular formula is C8H10N2O2S. The first kappa shape index (κ1) is 9.73. The lowest BCUT2D eigenvalue weighted by molar-refractivity contribution is -0.119. The molecule has 5 heteroatoms. The van der Waals surface area contributed by atoms with Gasteiger partial charge in [-0.15, -0.1) is 0 Å². The third-order valence-electron chi connectivity index (χ3n) is 1.56. The number of carbonyl (C=O) groups is 2. The molecule has 1 heterocycles. The number of hydrogen-bond acceptors (Lipinski definition) is 3. The zero-order chi connectivity index (χ0) is 9.84. The molecule has 0 aliphatic heterocycles. The second-order valence-electron chi connectivity index (χ2n) is 2.61. The molecular weight excluding hydrogens is 188 g/mol. The highest BCUT2D eigenvalue weighted by Gasteiger charge is 2.13. The third kappa shape index (κ3) is 2.55. The second kappa shape index (κ2) is 4.04. The summed E-state index contributed by atoms with van der Waals surface area (Å²) in [6.45, 7) is 1.55. The number of amides is 2. The van der Waals surface area contributed by atoms with Gasteiger partial charge >= 0.3 is 0 Å². The lowest BCUT2D eigenvalue weighted by Crippen LogP contribution is -2.42. The molecule has 0 aromatic carbocycles. The predicted octanol–water partition coefficient (Wildman–Crippen LogP) is 0.352. The van der Waals surface area contributed by atoms with Gasteiger partial charge in [0.2, 0.25) is 5.91 Å². The average molecular weight is 198 g/mol. The van der Waals surface area contributed by atoms with Gasteiger partial charge < -0.3 is 11.1 Å². The first-order valence-electron chi connectivity index (χ1n) is 3.73. The number of thiophene rings is 1. The van der Waals surface area contributed by atoms with Crippen LogP contribution < -0.4 is 11.1 Å². The van der Waals surface area contributed by atoms with E-state index in [0.717, 1.165) is 0 Å². The van der Waals surface area contributed by atoms with Gasteiger partial charge in [0.1, 0.15) is 6.04 Å². The molecule has 1 atom stereocenters. The fourth-order valence-corrected chi connectivity index (χ4v) is 1.38. The molecule has 0 saturated heterocycles. The van der Waals surface area contributed by atoms with Crippen molar-refractivity contribution in [2.24, 2.45) is 5.73 Å². The summed E-state index contributed by atoms with van der Waals surface area (Å²) in [5.74, 6) is -0.809. The van der Waals surface area contributed by atoms with Crippen LogP contribution in [-0.2, 0) is 4.79 Å². The van der Waals surface area contributed by atoms with Gasteiger partial charge in [0.05, 0.1) is 5.56 Å². The summed E-state index contributed by atoms with van der Waals surface area (Å²) in [4.78, 5) is 21.9. The van der Waals surface area contributed by atoms with Crippen LogP contribution in [0.5, 0.6) is 0 Å². The van der Waals surface area contributed by atoms with E-state index >= 15 is 0 Å². The fraction of sp³-hybridized carbons (Fsp3) is 0.250. The summed E-state index contributed by atoms with van der Waals surface area (Å²) < 4.78 is 0. The Morgan fingerprint density at radius 1 is 1.62 bits per heavy atom. The summed E-state index contributed by atoms with van der Waals surface area (Å²) in [7, 11) is 0. The number of primary amides is 1. The maximum Gasteiger partial charge on any atom is 0.252 e. The minimum Gasteiger partial charge on any atom is -0.368 e. The predicted molar refractivity (Wildman–Crippen MR) is 50.4 cm³/mol. The molecule has 70 valence electrons. The zero-order valence-electron chi connectivity index (χ0n) is 7.11. The lowest BCUT2D eigenvalue weighted by atomic mass is 10.2. The maximum absolute atomic E-state index is 11.3. The molecule has 1 aromatic heterocycles. The van der Waals surface area contributed by atoms with Crippen molar-refractivity contribution in [2.45, 2.75) is 13.0 Å². The van der Waals surface area contributed by atoms with Gasteiger partial charge in [-0.3, -0.25) is 9.59 Å². The lowest BCUT2D eigenvalue weighted by Gasteiger charge is -2.08. The number of hydrogen-bond donors (Lipinski definition) is 2. The first-order chi connectivity index (χ1) is 6.11. The summed E-state index contributed by atoms with van der Waals surface area (Å²) in [6.07, 6.45) is 0. The largest absolute Gasteiger partial charge is 0.368 e. The van der Waals surface area contributed by atoms with Crippen LogP contribution in [0, 0.1) is 0 Å². The molecule has 0 spiro atoms. The monoisotopic (exact) mass is 198 g/mol. The Balaban J connectivity index is 2.56. The van der Waals surface area contributed by atoms with Gasteiger partial charge in [-0.2, -0.15) is 11.3 Å². The van der Waals surface area contributed by atoms with E-state index in [1.165, 1.54) is 11.3 Å². The molecule has 0 fully saturated rings. The van der Waals surface area contributed by atoms with Crippen molar-refractivity contribution in [1.29, 1.82) is 0 Å². The van der Waals surface area contributed by atoms with Crippen LogP contribution in [0.25, 0.3) is 0 Å². The van der Waals surface area contributed by atoms with E-state index in [1.54, 1.807) is 23.8 Å². The van der Waals surface area contributed by atoms with Gasteiger partial charge in [-0.25, -0.2) is 0 Å². The SMILES string of the molecule is C[C@H](NC(=O)c1ccsc1)C(N)=O. The van der Waals surface area contributed by atoms with Crippen LogP contribution in [0.4, 0.5) is 0 Å². The molecule has 0 bridgehead atoms. The van der Waals surface area contributed by atoms with E-state index < -0.39 is 11.9 Å². The molecule has 0 saturated carbocycles. The summed E-state index contributed by atoms with van der Waals surface area (Å²) in [6, 6.07) is 1.06. The Hall–Kier alpha value is -1.36. The number of rotatable bonds is 3. The smallest absolute Gasteiger partial charge is 0.252 e. The Morgan fingerprint density at radius 2 is 2.31 bits per heavy atom. The van der Waals surface area contributed by atoms with Gasteiger partial charge in [-0.05, 0) is 18.4 Å². The Kier molecular flexibility index (Phi) is 3.02. The molecule has 0 radical (unpaired) electrons. The number of nitrogens with two attached hydrogens (primary N) is 1. The van der Waals surface area contributed by atoms with Crippen molar-refractivity contribution >= 4 is 23.2 Å². The minimum absolute atomic E-state index is 0.271. The first-order valence-corrected chi connectivity index (χ1v) is 4.68. The highest BCUT2D eigenvalue weighted by Crippen LogP contribution is 2.05. The number of carbonyl (C=O) groups excluding carboxylic acids is 2. The Bertz CT molecular complexity index is 308. The Morgan fingerprint density at radius 3 is 2.77 bits per heavy atom. The van der Waals surface area contributed by atoms with Crippen molar-refractivity contribution in [3.8, 4) is 0 Å². The molecule has 2 amide bonds. The third-order valence-corrected chi connectivity index (χ3v) is 2.24. The van der Waals surface area contributed by atoms with Crippen molar-refractivity contribution < 1.29 is 9.59 Å². The van der Waals surface area contributed by atoms with Crippen molar-refractivity contribution in [3.63, 3.8) is 0 Å². The average Bonchev–Trinajstić information content (AvgIpc) is 2.55. The minimum atomic E-state index is -0.632. The molecule has 0 aliphatic rings. The van der Waals surface area contributed by atoms with Gasteiger partial charge in [0.15, 0.2) is 0 Å². The van der Waals surface area contributed by atoms with Gasteiger partial charge in [-0.1, -0.05) is 0 Å². The molecule has 1 aromatic rings. The van der Waals surface area contributed by atoms with E-state index in [-0.39, 0.29) is 5.91 Å². The van der Waals surface area contributed by atoms with Crippen LogP contribution in [0.1, 0.15) is 17.3 Å². The van der Waals surface area contributed by atoms with E-state index in [2.05, 4.69) is 5.32 Å². The van der Waals surface area contributed by atoms with E-state index in [9.17, 15) is 9.59 Å². The van der Waals surface area contributed by atoms with E-state index in [0.29, 0.717) is 5.56 Å². The Labute approximate surface area is 79.7 Å². The van der Waals surface area contributed by atoms with E-state index in [4.69, 9.17) is 5.73 Å². The van der Waals surface area contributed by atoms with Crippen molar-refractivity contribution in [2.75, 3.05) is 0 Å². The highest BCUT2D eigenvalue weighted by atomic mass is 32.1. The van der Waals surface area contributed by atoms with Gasteiger partial charge in [0, 0.05) is 5.38 Å².